The number of ether oxygens (including phenoxy) is 2. The fourth-order valence-electron chi connectivity index (χ4n) is 4.23. The van der Waals surface area contributed by atoms with E-state index in [9.17, 15) is 9.18 Å². The van der Waals surface area contributed by atoms with Gasteiger partial charge >= 0.3 is 0 Å². The summed E-state index contributed by atoms with van der Waals surface area (Å²) in [5.41, 5.74) is 1.38. The van der Waals surface area contributed by atoms with Gasteiger partial charge < -0.3 is 14.4 Å². The van der Waals surface area contributed by atoms with Gasteiger partial charge in [0.2, 0.25) is 0 Å². The van der Waals surface area contributed by atoms with Crippen LogP contribution in [0.2, 0.25) is 0 Å². The van der Waals surface area contributed by atoms with Gasteiger partial charge in [0.05, 0.1) is 13.7 Å². The number of rotatable bonds is 4. The SMILES string of the molecule is COc1cccc(CN2CCC3(COCC(=O)N(c4ccccc4)C3)C2)c1F. The van der Waals surface area contributed by atoms with Crippen LogP contribution in [0.3, 0.4) is 0 Å². The Bertz CT molecular complexity index is 845. The summed E-state index contributed by atoms with van der Waals surface area (Å²) in [7, 11) is 1.48. The molecule has 1 amide bonds. The Morgan fingerprint density at radius 2 is 1.96 bits per heavy atom. The first-order valence-electron chi connectivity index (χ1n) is 9.57. The number of carbonyl (C=O) groups excluding carboxylic acids is 1. The summed E-state index contributed by atoms with van der Waals surface area (Å²) in [4.78, 5) is 16.6. The van der Waals surface area contributed by atoms with Crippen LogP contribution in [0.1, 0.15) is 12.0 Å². The Kier molecular flexibility index (Phi) is 5.33. The maximum absolute atomic E-state index is 14.5. The van der Waals surface area contributed by atoms with E-state index in [0.717, 1.165) is 25.2 Å². The highest BCUT2D eigenvalue weighted by Gasteiger charge is 2.43. The van der Waals surface area contributed by atoms with E-state index in [2.05, 4.69) is 4.90 Å². The smallest absolute Gasteiger partial charge is 0.252 e. The first-order chi connectivity index (χ1) is 13.6. The van der Waals surface area contributed by atoms with Gasteiger partial charge in [0.15, 0.2) is 11.6 Å². The molecule has 6 heteroatoms. The quantitative estimate of drug-likeness (QED) is 0.813. The lowest BCUT2D eigenvalue weighted by Crippen LogP contribution is -2.42. The molecule has 0 N–H and O–H groups in total. The van der Waals surface area contributed by atoms with Gasteiger partial charge in [0.25, 0.3) is 5.91 Å². The van der Waals surface area contributed by atoms with Gasteiger partial charge in [0, 0.05) is 36.3 Å². The molecule has 5 nitrogen and oxygen atoms in total. The van der Waals surface area contributed by atoms with Crippen LogP contribution < -0.4 is 9.64 Å². The first-order valence-corrected chi connectivity index (χ1v) is 9.57. The molecule has 1 unspecified atom stereocenters. The highest BCUT2D eigenvalue weighted by molar-refractivity contribution is 5.94. The molecule has 0 aliphatic carbocycles. The van der Waals surface area contributed by atoms with Gasteiger partial charge in [-0.05, 0) is 31.2 Å². The number of carbonyl (C=O) groups is 1. The lowest BCUT2D eigenvalue weighted by Gasteiger charge is -2.32. The average molecular weight is 384 g/mol. The molecule has 28 heavy (non-hydrogen) atoms. The minimum absolute atomic E-state index is 0.0136. The summed E-state index contributed by atoms with van der Waals surface area (Å²) in [6.07, 6.45) is 0.912. The van der Waals surface area contributed by atoms with Crippen molar-refractivity contribution in [2.45, 2.75) is 13.0 Å². The lowest BCUT2D eigenvalue weighted by molar-refractivity contribution is -0.122. The second-order valence-corrected chi connectivity index (χ2v) is 7.70. The third-order valence-electron chi connectivity index (χ3n) is 5.67. The van der Waals surface area contributed by atoms with Crippen LogP contribution in [0, 0.1) is 11.2 Å². The molecule has 1 atom stereocenters. The van der Waals surface area contributed by atoms with E-state index in [1.165, 1.54) is 7.11 Å². The van der Waals surface area contributed by atoms with Crippen LogP contribution in [-0.4, -0.2) is 50.8 Å². The number of methoxy groups -OCH3 is 1. The number of benzene rings is 2. The molecule has 2 aliphatic heterocycles. The van der Waals surface area contributed by atoms with Crippen LogP contribution in [-0.2, 0) is 16.1 Å². The molecule has 2 fully saturated rings. The molecule has 2 aromatic carbocycles. The predicted molar refractivity (Wildman–Crippen MR) is 105 cm³/mol. The van der Waals surface area contributed by atoms with Crippen molar-refractivity contribution in [2.75, 3.05) is 44.9 Å². The van der Waals surface area contributed by atoms with Gasteiger partial charge in [-0.3, -0.25) is 9.69 Å². The molecular weight excluding hydrogens is 359 g/mol. The fourth-order valence-corrected chi connectivity index (χ4v) is 4.23. The maximum Gasteiger partial charge on any atom is 0.252 e. The predicted octanol–water partition coefficient (Wildman–Crippen LogP) is 3.09. The van der Waals surface area contributed by atoms with Crippen LogP contribution in [0.5, 0.6) is 5.75 Å². The average Bonchev–Trinajstić information content (AvgIpc) is 3.02. The largest absolute Gasteiger partial charge is 0.494 e. The summed E-state index contributed by atoms with van der Waals surface area (Å²) >= 11 is 0. The third kappa shape index (κ3) is 3.75. The highest BCUT2D eigenvalue weighted by atomic mass is 19.1. The highest BCUT2D eigenvalue weighted by Crippen LogP contribution is 2.36. The zero-order chi connectivity index (χ0) is 19.6. The maximum atomic E-state index is 14.5. The van der Waals surface area contributed by atoms with E-state index in [-0.39, 0.29) is 29.5 Å². The van der Waals surface area contributed by atoms with Crippen molar-refractivity contribution in [1.29, 1.82) is 0 Å². The summed E-state index contributed by atoms with van der Waals surface area (Å²) in [6, 6.07) is 15.0. The second-order valence-electron chi connectivity index (χ2n) is 7.70. The Morgan fingerprint density at radius 1 is 1.14 bits per heavy atom. The Balaban J connectivity index is 1.51. The molecule has 1 spiro atoms. The van der Waals surface area contributed by atoms with E-state index < -0.39 is 0 Å². The van der Waals surface area contributed by atoms with Crippen LogP contribution in [0.15, 0.2) is 48.5 Å². The standard InChI is InChI=1S/C22H25FN2O3/c1-27-19-9-5-6-17(21(19)23)12-24-11-10-22(14-24)15-25(20(26)13-28-16-22)18-7-3-2-4-8-18/h2-9H,10-16H2,1H3. The Morgan fingerprint density at radius 3 is 2.75 bits per heavy atom. The molecular formula is C22H25FN2O3. The van der Waals surface area contributed by atoms with Crippen molar-refractivity contribution >= 4 is 11.6 Å². The summed E-state index contributed by atoms with van der Waals surface area (Å²) in [5.74, 6) is -0.0467. The van der Waals surface area contributed by atoms with Crippen molar-refractivity contribution in [3.8, 4) is 5.75 Å². The van der Waals surface area contributed by atoms with Crippen LogP contribution >= 0.6 is 0 Å². The molecule has 0 bridgehead atoms. The number of hydrogen-bond donors (Lipinski definition) is 0. The summed E-state index contributed by atoms with van der Waals surface area (Å²) < 4.78 is 25.4. The summed E-state index contributed by atoms with van der Waals surface area (Å²) in [6.45, 7) is 3.38. The van der Waals surface area contributed by atoms with Crippen molar-refractivity contribution < 1.29 is 18.7 Å². The summed E-state index contributed by atoms with van der Waals surface area (Å²) in [5, 5.41) is 0. The van der Waals surface area contributed by atoms with Crippen molar-refractivity contribution in [3.05, 3.63) is 59.9 Å². The minimum atomic E-state index is -0.302. The van der Waals surface area contributed by atoms with Gasteiger partial charge in [-0.15, -0.1) is 0 Å². The number of halogens is 1. The third-order valence-corrected chi connectivity index (χ3v) is 5.67. The molecule has 0 saturated carbocycles. The van der Waals surface area contributed by atoms with Crippen molar-refractivity contribution in [1.82, 2.24) is 4.90 Å². The Hall–Kier alpha value is -2.44. The molecule has 2 aromatic rings. The molecule has 2 saturated heterocycles. The number of hydrogen-bond acceptors (Lipinski definition) is 4. The number of para-hydroxylation sites is 1. The topological polar surface area (TPSA) is 42.0 Å². The molecule has 2 heterocycles. The van der Waals surface area contributed by atoms with Gasteiger partial charge in [-0.1, -0.05) is 30.3 Å². The number of nitrogens with zero attached hydrogens (tertiary/aromatic N) is 2. The van der Waals surface area contributed by atoms with Crippen molar-refractivity contribution in [2.24, 2.45) is 5.41 Å². The van der Waals surface area contributed by atoms with Crippen LogP contribution in [0.4, 0.5) is 10.1 Å². The van der Waals surface area contributed by atoms with E-state index in [0.29, 0.717) is 25.3 Å². The zero-order valence-electron chi connectivity index (χ0n) is 16.1. The number of amides is 1. The fraction of sp³-hybridized carbons (Fsp3) is 0.409. The number of anilines is 1. The van der Waals surface area contributed by atoms with E-state index >= 15 is 0 Å². The number of likely N-dealkylation sites (tertiary alicyclic amines) is 1. The van der Waals surface area contributed by atoms with Gasteiger partial charge in [-0.2, -0.15) is 0 Å². The lowest BCUT2D eigenvalue weighted by atomic mass is 9.87. The molecule has 0 radical (unpaired) electrons. The molecule has 2 aliphatic rings. The molecule has 0 aromatic heterocycles. The van der Waals surface area contributed by atoms with Gasteiger partial charge in [-0.25, -0.2) is 4.39 Å². The molecule has 4 rings (SSSR count). The van der Waals surface area contributed by atoms with E-state index in [1.54, 1.807) is 12.1 Å². The first kappa shape index (κ1) is 18.9. The van der Waals surface area contributed by atoms with E-state index in [4.69, 9.17) is 9.47 Å². The van der Waals surface area contributed by atoms with Crippen molar-refractivity contribution in [3.63, 3.8) is 0 Å². The zero-order valence-corrected chi connectivity index (χ0v) is 16.1. The molecule has 148 valence electrons. The monoisotopic (exact) mass is 384 g/mol. The van der Waals surface area contributed by atoms with Gasteiger partial charge in [0.1, 0.15) is 6.61 Å². The van der Waals surface area contributed by atoms with E-state index in [1.807, 2.05) is 41.3 Å². The second kappa shape index (κ2) is 7.89. The van der Waals surface area contributed by atoms with Crippen LogP contribution in [0.25, 0.3) is 0 Å². The Labute approximate surface area is 164 Å². The minimum Gasteiger partial charge on any atom is -0.494 e. The normalized spacial score (nSPS) is 23.2.